The fourth-order valence-corrected chi connectivity index (χ4v) is 13.3. The Balaban J connectivity index is 1.45. The van der Waals surface area contributed by atoms with Crippen molar-refractivity contribution < 1.29 is 33.3 Å². The molecule has 8 heteroatoms. The van der Waals surface area contributed by atoms with Gasteiger partial charge in [0.1, 0.15) is 23.9 Å². The summed E-state index contributed by atoms with van der Waals surface area (Å²) in [6.45, 7) is 12.9. The van der Waals surface area contributed by atoms with Crippen LogP contribution in [0.4, 0.5) is 0 Å². The highest BCUT2D eigenvalue weighted by atomic mass is 28.4. The number of carbonyl (C=O) groups excluding carboxylic acids is 1. The van der Waals surface area contributed by atoms with Gasteiger partial charge in [0.2, 0.25) is 0 Å². The standard InChI is InChI=1S/C53H66O7Si/c1-7-8-9-10-11-27-38-56-51-49(60-53(41-28-17-12-18-29-41,42-30-19-13-20-31-42)43-32-21-14-22-33-43)47(54)48(59-50(55)40(2)3)46(58-51)39-57-61(52(4,5)6,44-34-23-15-24-35-44)45-36-25-16-26-37-45/h12-26,28-37,40,46-49,51,54H,7-11,27,38-39H2,1-6H3/t46-,47+,48-,49-,51-/m1/s1. The minimum Gasteiger partial charge on any atom is -0.456 e. The molecular formula is C53H66O7Si. The molecule has 0 aromatic heterocycles. The average Bonchev–Trinajstić information content (AvgIpc) is 3.28. The predicted octanol–water partition coefficient (Wildman–Crippen LogP) is 9.97. The monoisotopic (exact) mass is 842 g/mol. The Morgan fingerprint density at radius 2 is 1.10 bits per heavy atom. The number of benzene rings is 5. The summed E-state index contributed by atoms with van der Waals surface area (Å²) in [4.78, 5) is 13.7. The van der Waals surface area contributed by atoms with Gasteiger partial charge in [0.25, 0.3) is 8.32 Å². The Hall–Kier alpha value is -4.41. The van der Waals surface area contributed by atoms with E-state index in [2.05, 4.69) is 76.2 Å². The highest BCUT2D eigenvalue weighted by Gasteiger charge is 2.55. The van der Waals surface area contributed by atoms with Crippen molar-refractivity contribution in [2.75, 3.05) is 13.2 Å². The molecule has 1 aliphatic heterocycles. The normalized spacial score (nSPS) is 19.8. The van der Waals surface area contributed by atoms with Gasteiger partial charge >= 0.3 is 5.97 Å². The maximum Gasteiger partial charge on any atom is 0.308 e. The van der Waals surface area contributed by atoms with E-state index in [0.29, 0.717) is 6.61 Å². The number of aliphatic hydroxyl groups is 1. The lowest BCUT2D eigenvalue weighted by molar-refractivity contribution is -0.323. The van der Waals surface area contributed by atoms with Crippen molar-refractivity contribution in [3.8, 4) is 0 Å². The third-order valence-electron chi connectivity index (χ3n) is 11.9. The lowest BCUT2D eigenvalue weighted by Crippen LogP contribution is -2.69. The molecule has 1 saturated heterocycles. The summed E-state index contributed by atoms with van der Waals surface area (Å²) in [6, 6.07) is 50.9. The maximum absolute atomic E-state index is 13.7. The van der Waals surface area contributed by atoms with E-state index in [0.717, 1.165) is 46.3 Å². The van der Waals surface area contributed by atoms with E-state index in [4.69, 9.17) is 23.4 Å². The van der Waals surface area contributed by atoms with E-state index in [1.807, 2.05) is 103 Å². The summed E-state index contributed by atoms with van der Waals surface area (Å²) in [6.07, 6.45) is 0.965. The molecule has 61 heavy (non-hydrogen) atoms. The second kappa shape index (κ2) is 21.6. The van der Waals surface area contributed by atoms with Gasteiger partial charge in [0, 0.05) is 6.61 Å². The zero-order valence-corrected chi connectivity index (χ0v) is 38.0. The molecule has 5 atom stereocenters. The van der Waals surface area contributed by atoms with Crippen molar-refractivity contribution in [2.45, 2.75) is 121 Å². The number of unbranched alkanes of at least 4 members (excludes halogenated alkanes) is 5. The molecule has 7 nitrogen and oxygen atoms in total. The SMILES string of the molecule is CCCCCCCCO[C@@H]1O[C@H](CO[Si](c2ccccc2)(c2ccccc2)C(C)(C)C)[C@@H](OC(=O)C(C)C)[C@H](O)[C@H]1OC(c1ccccc1)(c1ccccc1)c1ccccc1. The third-order valence-corrected chi connectivity index (χ3v) is 16.9. The van der Waals surface area contributed by atoms with E-state index < -0.39 is 56.5 Å². The van der Waals surface area contributed by atoms with Gasteiger partial charge < -0.3 is 28.5 Å². The van der Waals surface area contributed by atoms with Crippen LogP contribution in [0.1, 0.15) is 96.8 Å². The fraction of sp³-hybridized carbons (Fsp3) is 0.415. The predicted molar refractivity (Wildman–Crippen MR) is 246 cm³/mol. The Kier molecular flexibility index (Phi) is 16.3. The van der Waals surface area contributed by atoms with Crippen molar-refractivity contribution in [1.82, 2.24) is 0 Å². The van der Waals surface area contributed by atoms with Crippen molar-refractivity contribution >= 4 is 24.7 Å². The van der Waals surface area contributed by atoms with Gasteiger partial charge in [0.05, 0.1) is 12.5 Å². The molecule has 0 bridgehead atoms. The number of hydrogen-bond donors (Lipinski definition) is 1. The highest BCUT2D eigenvalue weighted by molar-refractivity contribution is 6.99. The van der Waals surface area contributed by atoms with Crippen molar-refractivity contribution in [3.63, 3.8) is 0 Å². The smallest absolute Gasteiger partial charge is 0.308 e. The zero-order chi connectivity index (χ0) is 43.3. The first kappa shape index (κ1) is 46.1. The highest BCUT2D eigenvalue weighted by Crippen LogP contribution is 2.44. The van der Waals surface area contributed by atoms with E-state index in [1.165, 1.54) is 19.3 Å². The van der Waals surface area contributed by atoms with Gasteiger partial charge in [0.15, 0.2) is 12.4 Å². The molecule has 0 radical (unpaired) electrons. The molecule has 5 aromatic carbocycles. The van der Waals surface area contributed by atoms with Crippen molar-refractivity contribution in [2.24, 2.45) is 5.92 Å². The van der Waals surface area contributed by atoms with Crippen LogP contribution in [0.2, 0.25) is 5.04 Å². The second-order valence-electron chi connectivity index (χ2n) is 17.6. The van der Waals surface area contributed by atoms with Crippen LogP contribution in [0, 0.1) is 5.92 Å². The van der Waals surface area contributed by atoms with Crippen LogP contribution in [0.3, 0.4) is 0 Å². The fourth-order valence-electron chi connectivity index (χ4n) is 8.68. The molecule has 5 aromatic rings. The number of esters is 1. The summed E-state index contributed by atoms with van der Waals surface area (Å²) in [7, 11) is -3.08. The molecule has 1 fully saturated rings. The Morgan fingerprint density at radius 3 is 1.54 bits per heavy atom. The van der Waals surface area contributed by atoms with Gasteiger partial charge in [-0.05, 0) is 38.5 Å². The number of rotatable bonds is 20. The zero-order valence-electron chi connectivity index (χ0n) is 37.0. The van der Waals surface area contributed by atoms with E-state index >= 15 is 0 Å². The summed E-state index contributed by atoms with van der Waals surface area (Å²) in [5.74, 6) is -0.905. The maximum atomic E-state index is 13.7. The molecular weight excluding hydrogens is 777 g/mol. The van der Waals surface area contributed by atoms with Crippen LogP contribution in [0.5, 0.6) is 0 Å². The minimum atomic E-state index is -3.08. The van der Waals surface area contributed by atoms with E-state index in [1.54, 1.807) is 13.8 Å². The molecule has 6 rings (SSSR count). The summed E-state index contributed by atoms with van der Waals surface area (Å²) < 4.78 is 35.0. The average molecular weight is 843 g/mol. The van der Waals surface area contributed by atoms with Gasteiger partial charge in [-0.1, -0.05) is 225 Å². The molecule has 1 heterocycles. The van der Waals surface area contributed by atoms with Crippen LogP contribution in [-0.2, 0) is 33.8 Å². The van der Waals surface area contributed by atoms with Gasteiger partial charge in [-0.2, -0.15) is 0 Å². The molecule has 0 saturated carbocycles. The molecule has 1 aliphatic rings. The second-order valence-corrected chi connectivity index (χ2v) is 21.9. The number of ether oxygens (including phenoxy) is 4. The topological polar surface area (TPSA) is 83.5 Å². The Bertz CT molecular complexity index is 1890. The van der Waals surface area contributed by atoms with E-state index in [-0.39, 0.29) is 11.6 Å². The van der Waals surface area contributed by atoms with Crippen LogP contribution in [0.25, 0.3) is 0 Å². The minimum absolute atomic E-state index is 0.0329. The van der Waals surface area contributed by atoms with Crippen LogP contribution in [-0.4, -0.2) is 63.3 Å². The van der Waals surface area contributed by atoms with Gasteiger partial charge in [-0.15, -0.1) is 0 Å². The van der Waals surface area contributed by atoms with Crippen molar-refractivity contribution in [3.05, 3.63) is 168 Å². The van der Waals surface area contributed by atoms with Gasteiger partial charge in [-0.25, -0.2) is 0 Å². The molecule has 0 aliphatic carbocycles. The lowest BCUT2D eigenvalue weighted by atomic mass is 9.79. The van der Waals surface area contributed by atoms with E-state index in [9.17, 15) is 9.90 Å². The quantitative estimate of drug-likeness (QED) is 0.0362. The molecule has 1 N–H and O–H groups in total. The number of aliphatic hydroxyl groups excluding tert-OH is 1. The summed E-state index contributed by atoms with van der Waals surface area (Å²) >= 11 is 0. The molecule has 0 unspecified atom stereocenters. The number of carbonyl (C=O) groups is 1. The van der Waals surface area contributed by atoms with Crippen LogP contribution >= 0.6 is 0 Å². The Morgan fingerprint density at radius 1 is 0.656 bits per heavy atom. The van der Waals surface area contributed by atoms with Gasteiger partial charge in [-0.3, -0.25) is 4.79 Å². The first-order chi connectivity index (χ1) is 29.5. The summed E-state index contributed by atoms with van der Waals surface area (Å²) in [5.41, 5.74) is 1.37. The third kappa shape index (κ3) is 10.6. The van der Waals surface area contributed by atoms with Crippen LogP contribution in [0.15, 0.2) is 152 Å². The molecule has 0 spiro atoms. The number of hydrogen-bond acceptors (Lipinski definition) is 7. The first-order valence-corrected chi connectivity index (χ1v) is 24.2. The molecule has 0 amide bonds. The molecule has 324 valence electrons. The lowest BCUT2D eigenvalue weighted by Gasteiger charge is -2.49. The van der Waals surface area contributed by atoms with Crippen molar-refractivity contribution in [1.29, 1.82) is 0 Å². The first-order valence-electron chi connectivity index (χ1n) is 22.3. The van der Waals surface area contributed by atoms with Crippen LogP contribution < -0.4 is 10.4 Å². The summed E-state index contributed by atoms with van der Waals surface area (Å²) in [5, 5.41) is 14.8. The largest absolute Gasteiger partial charge is 0.456 e. The Labute approximate surface area is 365 Å².